The molecule has 1 aromatic carbocycles. The maximum Gasteiger partial charge on any atom is 0.220 e. The highest BCUT2D eigenvalue weighted by Crippen LogP contribution is 2.31. The number of amides is 1. The average molecular weight is 342 g/mol. The van der Waals surface area contributed by atoms with Crippen LogP contribution in [0.1, 0.15) is 31.2 Å². The number of hydrogen-bond donors (Lipinski definition) is 2. The Morgan fingerprint density at radius 1 is 1.50 bits per heavy atom. The second kappa shape index (κ2) is 6.59. The molecule has 2 rings (SSSR count). The number of carbonyl (C=O) groups excluding carboxylic acids is 1. The van der Waals surface area contributed by atoms with E-state index in [9.17, 15) is 9.90 Å². The summed E-state index contributed by atoms with van der Waals surface area (Å²) in [4.78, 5) is 11.9. The fourth-order valence-electron chi connectivity index (χ4n) is 2.41. The second-order valence-electron chi connectivity index (χ2n) is 5.31. The van der Waals surface area contributed by atoms with Gasteiger partial charge >= 0.3 is 0 Å². The van der Waals surface area contributed by atoms with E-state index in [0.717, 1.165) is 35.0 Å². The van der Waals surface area contributed by atoms with Gasteiger partial charge in [0.1, 0.15) is 5.75 Å². The highest BCUT2D eigenvalue weighted by atomic mass is 79.9. The van der Waals surface area contributed by atoms with Crippen LogP contribution in [0.4, 0.5) is 0 Å². The number of aliphatic hydroxyl groups is 1. The minimum Gasteiger partial charge on any atom is -0.496 e. The fraction of sp³-hybridized carbons (Fsp3) is 0.533. The van der Waals surface area contributed by atoms with E-state index in [4.69, 9.17) is 4.74 Å². The molecule has 1 fully saturated rings. The molecule has 1 saturated carbocycles. The summed E-state index contributed by atoms with van der Waals surface area (Å²) in [6.45, 7) is 0.0345. The van der Waals surface area contributed by atoms with E-state index in [-0.39, 0.29) is 18.1 Å². The van der Waals surface area contributed by atoms with Crippen molar-refractivity contribution in [2.45, 2.75) is 37.6 Å². The van der Waals surface area contributed by atoms with E-state index in [2.05, 4.69) is 21.2 Å². The number of carbonyl (C=O) groups is 1. The number of ether oxygens (including phenoxy) is 1. The maximum absolute atomic E-state index is 11.9. The molecule has 1 amide bonds. The van der Waals surface area contributed by atoms with Crippen LogP contribution in [0.3, 0.4) is 0 Å². The SMILES string of the molecule is COc1ccc(CCC(=O)NC2(CO)CCC2)cc1Br. The molecule has 5 heteroatoms. The number of aliphatic hydroxyl groups excluding tert-OH is 1. The molecule has 0 aliphatic heterocycles. The van der Waals surface area contributed by atoms with Crippen LogP contribution in [0.15, 0.2) is 22.7 Å². The van der Waals surface area contributed by atoms with Crippen molar-refractivity contribution in [2.75, 3.05) is 13.7 Å². The van der Waals surface area contributed by atoms with Crippen LogP contribution in [0.2, 0.25) is 0 Å². The molecule has 1 aliphatic rings. The number of rotatable bonds is 6. The molecule has 0 heterocycles. The van der Waals surface area contributed by atoms with Crippen LogP contribution in [-0.4, -0.2) is 30.3 Å². The smallest absolute Gasteiger partial charge is 0.220 e. The lowest BCUT2D eigenvalue weighted by Crippen LogP contribution is -2.56. The zero-order chi connectivity index (χ0) is 14.6. The van der Waals surface area contributed by atoms with Crippen molar-refractivity contribution >= 4 is 21.8 Å². The van der Waals surface area contributed by atoms with Crippen molar-refractivity contribution in [2.24, 2.45) is 0 Å². The topological polar surface area (TPSA) is 58.6 Å². The van der Waals surface area contributed by atoms with Gasteiger partial charge in [0.05, 0.1) is 23.7 Å². The van der Waals surface area contributed by atoms with Crippen molar-refractivity contribution in [1.82, 2.24) is 5.32 Å². The zero-order valence-corrected chi connectivity index (χ0v) is 13.2. The van der Waals surface area contributed by atoms with E-state index < -0.39 is 0 Å². The summed E-state index contributed by atoms with van der Waals surface area (Å²) >= 11 is 3.44. The molecule has 0 bridgehead atoms. The van der Waals surface area contributed by atoms with Gasteiger partial charge in [-0.3, -0.25) is 4.79 Å². The molecule has 2 N–H and O–H groups in total. The van der Waals surface area contributed by atoms with Crippen LogP contribution < -0.4 is 10.1 Å². The second-order valence-corrected chi connectivity index (χ2v) is 6.16. The van der Waals surface area contributed by atoms with Crippen LogP contribution in [0.25, 0.3) is 0 Å². The Bertz CT molecular complexity index is 480. The van der Waals surface area contributed by atoms with Gasteiger partial charge in [0.15, 0.2) is 0 Å². The lowest BCUT2D eigenvalue weighted by atomic mass is 9.77. The van der Waals surface area contributed by atoms with Gasteiger partial charge in [-0.2, -0.15) is 0 Å². The first-order chi connectivity index (χ1) is 9.58. The summed E-state index contributed by atoms with van der Waals surface area (Å²) in [5, 5.41) is 12.3. The molecule has 0 radical (unpaired) electrons. The van der Waals surface area contributed by atoms with Gasteiger partial charge in [-0.1, -0.05) is 6.07 Å². The molecule has 4 nitrogen and oxygen atoms in total. The average Bonchev–Trinajstić information content (AvgIpc) is 2.41. The summed E-state index contributed by atoms with van der Waals surface area (Å²) in [5.74, 6) is 0.789. The largest absolute Gasteiger partial charge is 0.496 e. The number of aryl methyl sites for hydroxylation is 1. The van der Waals surface area contributed by atoms with Crippen LogP contribution in [-0.2, 0) is 11.2 Å². The van der Waals surface area contributed by atoms with Gasteiger partial charge in [0.2, 0.25) is 5.91 Å². The van der Waals surface area contributed by atoms with Gasteiger partial charge in [-0.05, 0) is 59.3 Å². The maximum atomic E-state index is 11.9. The van der Waals surface area contributed by atoms with Crippen LogP contribution in [0, 0.1) is 0 Å². The van der Waals surface area contributed by atoms with E-state index in [1.807, 2.05) is 18.2 Å². The lowest BCUT2D eigenvalue weighted by molar-refractivity contribution is -0.125. The van der Waals surface area contributed by atoms with Crippen molar-refractivity contribution in [1.29, 1.82) is 0 Å². The molecular formula is C15H20BrNO3. The quantitative estimate of drug-likeness (QED) is 0.835. The van der Waals surface area contributed by atoms with Gasteiger partial charge in [-0.15, -0.1) is 0 Å². The lowest BCUT2D eigenvalue weighted by Gasteiger charge is -2.41. The van der Waals surface area contributed by atoms with Gasteiger partial charge in [-0.25, -0.2) is 0 Å². The van der Waals surface area contributed by atoms with E-state index in [0.29, 0.717) is 12.8 Å². The van der Waals surface area contributed by atoms with Crippen molar-refractivity contribution in [3.63, 3.8) is 0 Å². The van der Waals surface area contributed by atoms with Crippen LogP contribution >= 0.6 is 15.9 Å². The zero-order valence-electron chi connectivity index (χ0n) is 11.6. The summed E-state index contributed by atoms with van der Waals surface area (Å²) in [5.41, 5.74) is 0.733. The van der Waals surface area contributed by atoms with E-state index in [1.165, 1.54) is 0 Å². The minimum atomic E-state index is -0.350. The van der Waals surface area contributed by atoms with Gasteiger partial charge in [0, 0.05) is 6.42 Å². The van der Waals surface area contributed by atoms with Crippen molar-refractivity contribution in [3.05, 3.63) is 28.2 Å². The Balaban J connectivity index is 1.85. The Hall–Kier alpha value is -1.07. The van der Waals surface area contributed by atoms with Gasteiger partial charge in [0.25, 0.3) is 0 Å². The number of nitrogens with one attached hydrogen (secondary N) is 1. The molecule has 0 unspecified atom stereocenters. The normalized spacial score (nSPS) is 16.4. The number of hydrogen-bond acceptors (Lipinski definition) is 3. The minimum absolute atomic E-state index is 0.00527. The Morgan fingerprint density at radius 2 is 2.25 bits per heavy atom. The first-order valence-electron chi connectivity index (χ1n) is 6.83. The third-order valence-electron chi connectivity index (χ3n) is 3.87. The molecule has 110 valence electrons. The standard InChI is InChI=1S/C15H20BrNO3/c1-20-13-5-3-11(9-12(13)16)4-6-14(19)17-15(10-18)7-2-8-15/h3,5,9,18H,2,4,6-8,10H2,1H3,(H,17,19). The molecule has 1 aromatic rings. The number of halogens is 1. The van der Waals surface area contributed by atoms with E-state index in [1.54, 1.807) is 7.11 Å². The third-order valence-corrected chi connectivity index (χ3v) is 4.49. The van der Waals surface area contributed by atoms with Crippen LogP contribution in [0.5, 0.6) is 5.75 Å². The van der Waals surface area contributed by atoms with Gasteiger partial charge < -0.3 is 15.2 Å². The Morgan fingerprint density at radius 3 is 2.75 bits per heavy atom. The monoisotopic (exact) mass is 341 g/mol. The Labute approximate surface area is 127 Å². The first-order valence-corrected chi connectivity index (χ1v) is 7.62. The van der Waals surface area contributed by atoms with E-state index >= 15 is 0 Å². The van der Waals surface area contributed by atoms with Crippen molar-refractivity contribution in [3.8, 4) is 5.75 Å². The molecule has 0 saturated heterocycles. The molecule has 1 aliphatic carbocycles. The summed E-state index contributed by atoms with van der Waals surface area (Å²) < 4.78 is 6.07. The molecule has 0 aromatic heterocycles. The predicted octanol–water partition coefficient (Wildman–Crippen LogP) is 2.42. The van der Waals surface area contributed by atoms with Crippen molar-refractivity contribution < 1.29 is 14.6 Å². The number of benzene rings is 1. The first kappa shape index (κ1) is 15.3. The predicted molar refractivity (Wildman–Crippen MR) is 80.8 cm³/mol. The highest BCUT2D eigenvalue weighted by molar-refractivity contribution is 9.10. The third kappa shape index (κ3) is 3.52. The summed E-state index contributed by atoms with van der Waals surface area (Å²) in [6.07, 6.45) is 3.94. The molecule has 20 heavy (non-hydrogen) atoms. The number of methoxy groups -OCH3 is 1. The summed E-state index contributed by atoms with van der Waals surface area (Å²) in [6, 6.07) is 5.82. The molecule has 0 atom stereocenters. The highest BCUT2D eigenvalue weighted by Gasteiger charge is 2.37. The Kier molecular flexibility index (Phi) is 5.05. The molecular weight excluding hydrogens is 322 g/mol. The fourth-order valence-corrected chi connectivity index (χ4v) is 3.00. The summed E-state index contributed by atoms with van der Waals surface area (Å²) in [7, 11) is 1.63. The molecule has 0 spiro atoms.